The van der Waals surface area contributed by atoms with Crippen LogP contribution in [0.25, 0.3) is 11.1 Å². The lowest BCUT2D eigenvalue weighted by atomic mass is 10.0. The lowest BCUT2D eigenvalue weighted by molar-refractivity contribution is 0.00644. The third-order valence-electron chi connectivity index (χ3n) is 7.02. The van der Waals surface area contributed by atoms with E-state index in [2.05, 4.69) is 20.6 Å². The topological polar surface area (TPSA) is 97.7 Å². The highest BCUT2D eigenvalue weighted by Crippen LogP contribution is 2.19. The Balaban J connectivity index is 1.08. The van der Waals surface area contributed by atoms with Gasteiger partial charge in [-0.3, -0.25) is 19.2 Å². The van der Waals surface area contributed by atoms with E-state index in [1.807, 2.05) is 84.9 Å². The van der Waals surface area contributed by atoms with Crippen LogP contribution in [-0.4, -0.2) is 78.5 Å². The Morgan fingerprint density at radius 1 is 0.829 bits per heavy atom. The SMILES string of the molecule is O=C(NCCn1cc(C(=O)NCC(COc2ccccc2)N2CCOCC2)cn1)c1ccc(-c2ccccc2)cc1. The van der Waals surface area contributed by atoms with Crippen LogP contribution in [0.15, 0.2) is 97.3 Å². The van der Waals surface area contributed by atoms with Crippen LogP contribution in [-0.2, 0) is 11.3 Å². The fourth-order valence-corrected chi connectivity index (χ4v) is 4.69. The Kier molecular flexibility index (Phi) is 9.75. The van der Waals surface area contributed by atoms with Crippen molar-refractivity contribution in [2.24, 2.45) is 0 Å². The van der Waals surface area contributed by atoms with Crippen LogP contribution in [0.5, 0.6) is 5.75 Å². The number of aromatic nitrogens is 2. The minimum Gasteiger partial charge on any atom is -0.492 e. The molecule has 212 valence electrons. The van der Waals surface area contributed by atoms with Crippen molar-refractivity contribution in [2.75, 3.05) is 46.0 Å². The van der Waals surface area contributed by atoms with Gasteiger partial charge in [-0.05, 0) is 35.4 Å². The Morgan fingerprint density at radius 2 is 1.49 bits per heavy atom. The summed E-state index contributed by atoms with van der Waals surface area (Å²) >= 11 is 0. The number of amides is 2. The van der Waals surface area contributed by atoms with Crippen molar-refractivity contribution in [3.8, 4) is 16.9 Å². The van der Waals surface area contributed by atoms with Gasteiger partial charge in [0.1, 0.15) is 12.4 Å². The van der Waals surface area contributed by atoms with Crippen LogP contribution in [0.3, 0.4) is 0 Å². The number of benzene rings is 3. The van der Waals surface area contributed by atoms with Gasteiger partial charge in [-0.25, -0.2) is 0 Å². The normalized spacial score (nSPS) is 14.2. The highest BCUT2D eigenvalue weighted by atomic mass is 16.5. The Labute approximate surface area is 240 Å². The quantitative estimate of drug-likeness (QED) is 0.279. The number of carbonyl (C=O) groups excluding carboxylic acids is 2. The van der Waals surface area contributed by atoms with Gasteiger partial charge < -0.3 is 20.1 Å². The molecule has 0 spiro atoms. The van der Waals surface area contributed by atoms with Gasteiger partial charge in [0.25, 0.3) is 11.8 Å². The molecule has 2 amide bonds. The van der Waals surface area contributed by atoms with Crippen molar-refractivity contribution in [3.05, 3.63) is 108 Å². The maximum absolute atomic E-state index is 12.9. The number of para-hydroxylation sites is 1. The highest BCUT2D eigenvalue weighted by molar-refractivity contribution is 5.95. The summed E-state index contributed by atoms with van der Waals surface area (Å²) in [5.41, 5.74) is 3.23. The zero-order valence-electron chi connectivity index (χ0n) is 22.9. The van der Waals surface area contributed by atoms with Gasteiger partial charge in [0.15, 0.2) is 0 Å². The second-order valence-corrected chi connectivity index (χ2v) is 9.83. The van der Waals surface area contributed by atoms with Crippen LogP contribution >= 0.6 is 0 Å². The van der Waals surface area contributed by atoms with Gasteiger partial charge in [-0.15, -0.1) is 0 Å². The van der Waals surface area contributed by atoms with Crippen LogP contribution in [0, 0.1) is 0 Å². The van der Waals surface area contributed by atoms with E-state index >= 15 is 0 Å². The highest BCUT2D eigenvalue weighted by Gasteiger charge is 2.23. The first kappa shape index (κ1) is 28.1. The average Bonchev–Trinajstić information content (AvgIpc) is 3.51. The first-order valence-electron chi connectivity index (χ1n) is 13.9. The maximum atomic E-state index is 12.9. The van der Waals surface area contributed by atoms with Crippen LogP contribution in [0.2, 0.25) is 0 Å². The molecule has 0 aliphatic carbocycles. The molecule has 2 N–H and O–H groups in total. The Morgan fingerprint density at radius 3 is 2.22 bits per heavy atom. The van der Waals surface area contributed by atoms with Crippen molar-refractivity contribution in [2.45, 2.75) is 12.6 Å². The number of nitrogens with zero attached hydrogens (tertiary/aromatic N) is 3. The summed E-state index contributed by atoms with van der Waals surface area (Å²) in [5.74, 6) is 0.452. The zero-order chi connectivity index (χ0) is 28.3. The lowest BCUT2D eigenvalue weighted by Crippen LogP contribution is -2.51. The van der Waals surface area contributed by atoms with E-state index in [0.717, 1.165) is 30.0 Å². The standard InChI is InChI=1S/C32H35N5O4/c38-31(27-13-11-26(12-14-27)25-7-3-1-4-8-25)33-15-16-37-23-28(21-35-37)32(39)34-22-29(36-17-19-40-20-18-36)24-41-30-9-5-2-6-10-30/h1-14,21,23,29H,15-20,22,24H2,(H,33,38)(H,34,39). The summed E-state index contributed by atoms with van der Waals surface area (Å²) in [6.45, 7) is 4.64. The predicted octanol–water partition coefficient (Wildman–Crippen LogP) is 3.49. The molecule has 1 unspecified atom stereocenters. The number of hydrogen-bond donors (Lipinski definition) is 2. The second kappa shape index (κ2) is 14.2. The summed E-state index contributed by atoms with van der Waals surface area (Å²) < 4.78 is 13.2. The molecule has 2 heterocycles. The minimum absolute atomic E-state index is 0.00933. The smallest absolute Gasteiger partial charge is 0.254 e. The van der Waals surface area contributed by atoms with E-state index in [9.17, 15) is 9.59 Å². The molecule has 4 aromatic rings. The van der Waals surface area contributed by atoms with E-state index in [4.69, 9.17) is 9.47 Å². The van der Waals surface area contributed by atoms with Gasteiger partial charge in [0.2, 0.25) is 0 Å². The fourth-order valence-electron chi connectivity index (χ4n) is 4.69. The molecule has 1 atom stereocenters. The van der Waals surface area contributed by atoms with E-state index in [1.165, 1.54) is 0 Å². The van der Waals surface area contributed by atoms with Crippen molar-refractivity contribution in [1.29, 1.82) is 0 Å². The van der Waals surface area contributed by atoms with E-state index in [1.54, 1.807) is 17.1 Å². The third kappa shape index (κ3) is 8.03. The van der Waals surface area contributed by atoms with Crippen LogP contribution in [0.4, 0.5) is 0 Å². The van der Waals surface area contributed by atoms with E-state index in [0.29, 0.717) is 50.6 Å². The summed E-state index contributed by atoms with van der Waals surface area (Å²) in [6.07, 6.45) is 3.24. The molecule has 41 heavy (non-hydrogen) atoms. The Bertz CT molecular complexity index is 1390. The number of ether oxygens (including phenoxy) is 2. The van der Waals surface area contributed by atoms with Crippen LogP contribution < -0.4 is 15.4 Å². The number of nitrogens with one attached hydrogen (secondary N) is 2. The number of rotatable bonds is 12. The minimum atomic E-state index is -0.197. The van der Waals surface area contributed by atoms with Crippen molar-refractivity contribution >= 4 is 11.8 Å². The second-order valence-electron chi connectivity index (χ2n) is 9.83. The van der Waals surface area contributed by atoms with E-state index in [-0.39, 0.29) is 17.9 Å². The summed E-state index contributed by atoms with van der Waals surface area (Å²) in [6, 6.07) is 27.3. The molecule has 0 saturated carbocycles. The average molecular weight is 554 g/mol. The molecule has 1 aliphatic heterocycles. The summed E-state index contributed by atoms with van der Waals surface area (Å²) in [7, 11) is 0. The number of hydrogen-bond acceptors (Lipinski definition) is 6. The molecule has 9 heteroatoms. The van der Waals surface area contributed by atoms with Gasteiger partial charge >= 0.3 is 0 Å². The zero-order valence-corrected chi connectivity index (χ0v) is 22.9. The van der Waals surface area contributed by atoms with Crippen molar-refractivity contribution < 1.29 is 19.1 Å². The molecule has 0 radical (unpaired) electrons. The van der Waals surface area contributed by atoms with Gasteiger partial charge in [-0.2, -0.15) is 5.10 Å². The molecule has 1 saturated heterocycles. The molecule has 0 bridgehead atoms. The molecule has 1 aliphatic rings. The molecule has 9 nitrogen and oxygen atoms in total. The monoisotopic (exact) mass is 553 g/mol. The number of morpholine rings is 1. The largest absolute Gasteiger partial charge is 0.492 e. The molecule has 3 aromatic carbocycles. The van der Waals surface area contributed by atoms with Gasteiger partial charge in [-0.1, -0.05) is 60.7 Å². The predicted molar refractivity (Wildman–Crippen MR) is 157 cm³/mol. The first-order valence-corrected chi connectivity index (χ1v) is 13.9. The molecule has 5 rings (SSSR count). The van der Waals surface area contributed by atoms with Crippen molar-refractivity contribution in [3.63, 3.8) is 0 Å². The third-order valence-corrected chi connectivity index (χ3v) is 7.02. The number of carbonyl (C=O) groups is 2. The lowest BCUT2D eigenvalue weighted by Gasteiger charge is -2.34. The van der Waals surface area contributed by atoms with Gasteiger partial charge in [0.05, 0.1) is 37.6 Å². The molecule has 1 aromatic heterocycles. The van der Waals surface area contributed by atoms with E-state index < -0.39 is 0 Å². The molecule has 1 fully saturated rings. The molecular formula is C32H35N5O4. The molecular weight excluding hydrogens is 518 g/mol. The van der Waals surface area contributed by atoms with Crippen molar-refractivity contribution in [1.82, 2.24) is 25.3 Å². The Hall–Kier alpha value is -4.47. The first-order chi connectivity index (χ1) is 20.2. The summed E-state index contributed by atoms with van der Waals surface area (Å²) in [5, 5.41) is 10.3. The summed E-state index contributed by atoms with van der Waals surface area (Å²) in [4.78, 5) is 27.8. The van der Waals surface area contributed by atoms with Crippen LogP contribution in [0.1, 0.15) is 20.7 Å². The fraction of sp³-hybridized carbons (Fsp3) is 0.281. The maximum Gasteiger partial charge on any atom is 0.254 e. The van der Waals surface area contributed by atoms with Gasteiger partial charge in [0, 0.05) is 37.9 Å².